The highest BCUT2D eigenvalue weighted by atomic mass is 79.9. The lowest BCUT2D eigenvalue weighted by Crippen LogP contribution is -2.22. The largest absolute Gasteiger partial charge is 0.383 e. The van der Waals surface area contributed by atoms with Crippen LogP contribution in [0.1, 0.15) is 25.7 Å². The fourth-order valence-electron chi connectivity index (χ4n) is 2.32. The third kappa shape index (κ3) is 2.96. The number of halogens is 2. The van der Waals surface area contributed by atoms with Crippen molar-refractivity contribution in [3.8, 4) is 0 Å². The summed E-state index contributed by atoms with van der Waals surface area (Å²) in [6.07, 6.45) is 0. The summed E-state index contributed by atoms with van der Waals surface area (Å²) < 4.78 is 8.62. The number of alkyl halides is 1. The fraction of sp³-hybridized carbons (Fsp3) is 0.500. The summed E-state index contributed by atoms with van der Waals surface area (Å²) in [6.45, 7) is 5.02. The number of hydrogen-bond acceptors (Lipinski definition) is 2. The quantitative estimate of drug-likeness (QED) is 0.752. The highest BCUT2D eigenvalue weighted by Gasteiger charge is 2.21. The minimum absolute atomic E-state index is 0.234. The lowest BCUT2D eigenvalue weighted by atomic mass is 10.0. The van der Waals surface area contributed by atoms with Crippen LogP contribution in [0.4, 0.5) is 0 Å². The molecule has 0 aliphatic carbocycles. The van der Waals surface area contributed by atoms with E-state index in [0.29, 0.717) is 18.4 Å². The van der Waals surface area contributed by atoms with E-state index in [4.69, 9.17) is 16.3 Å². The van der Waals surface area contributed by atoms with Gasteiger partial charge in [0.05, 0.1) is 29.6 Å². The molecule has 2 aromatic rings. The predicted octanol–water partition coefficient (Wildman–Crippen LogP) is 4.38. The first-order valence-corrected chi connectivity index (χ1v) is 7.62. The molecule has 0 N–H and O–H groups in total. The summed E-state index contributed by atoms with van der Waals surface area (Å²) >= 11 is 9.57. The minimum Gasteiger partial charge on any atom is -0.383 e. The van der Waals surface area contributed by atoms with Crippen LogP contribution in [0.5, 0.6) is 0 Å². The molecule has 0 aliphatic heterocycles. The van der Waals surface area contributed by atoms with Gasteiger partial charge in [0, 0.05) is 11.6 Å². The fourth-order valence-corrected chi connectivity index (χ4v) is 2.85. The summed E-state index contributed by atoms with van der Waals surface area (Å²) in [5.74, 6) is 1.74. The molecule has 19 heavy (non-hydrogen) atoms. The lowest BCUT2D eigenvalue weighted by Gasteiger charge is -2.24. The molecule has 0 saturated carbocycles. The molecule has 0 radical (unpaired) electrons. The number of aromatic nitrogens is 2. The minimum atomic E-state index is 0.234. The summed E-state index contributed by atoms with van der Waals surface area (Å²) in [5, 5.41) is 0. The molecule has 0 spiro atoms. The molecule has 2 rings (SSSR count). The normalized spacial score (nSPS) is 13.4. The van der Waals surface area contributed by atoms with Gasteiger partial charge in [-0.25, -0.2) is 4.98 Å². The van der Waals surface area contributed by atoms with Crippen molar-refractivity contribution in [2.75, 3.05) is 13.7 Å². The van der Waals surface area contributed by atoms with Crippen LogP contribution in [-0.4, -0.2) is 23.3 Å². The molecule has 3 nitrogen and oxygen atoms in total. The maximum absolute atomic E-state index is 6.06. The van der Waals surface area contributed by atoms with Crippen LogP contribution in [-0.2, 0) is 10.6 Å². The van der Waals surface area contributed by atoms with E-state index in [-0.39, 0.29) is 6.04 Å². The van der Waals surface area contributed by atoms with E-state index in [9.17, 15) is 0 Å². The zero-order valence-electron chi connectivity index (χ0n) is 11.4. The molecule has 0 bridgehead atoms. The van der Waals surface area contributed by atoms with Gasteiger partial charge in [0.2, 0.25) is 0 Å². The van der Waals surface area contributed by atoms with Crippen molar-refractivity contribution in [1.29, 1.82) is 0 Å². The Labute approximate surface area is 127 Å². The zero-order valence-corrected chi connectivity index (χ0v) is 13.7. The van der Waals surface area contributed by atoms with E-state index in [1.54, 1.807) is 7.11 Å². The second-order valence-electron chi connectivity index (χ2n) is 4.93. The van der Waals surface area contributed by atoms with Crippen molar-refractivity contribution in [3.63, 3.8) is 0 Å². The number of benzene rings is 1. The average molecular weight is 346 g/mol. The molecule has 5 heteroatoms. The molecule has 1 atom stereocenters. The number of ether oxygens (including phenoxy) is 1. The number of methoxy groups -OCH3 is 1. The Morgan fingerprint density at radius 1 is 1.42 bits per heavy atom. The van der Waals surface area contributed by atoms with Gasteiger partial charge in [0.25, 0.3) is 0 Å². The Balaban J connectivity index is 2.63. The molecule has 1 heterocycles. The number of nitrogens with zero attached hydrogens (tertiary/aromatic N) is 2. The molecule has 0 aliphatic rings. The summed E-state index contributed by atoms with van der Waals surface area (Å²) in [7, 11) is 1.73. The van der Waals surface area contributed by atoms with E-state index < -0.39 is 0 Å². The Bertz CT molecular complexity index is 568. The average Bonchev–Trinajstić information content (AvgIpc) is 2.73. The van der Waals surface area contributed by atoms with Crippen molar-refractivity contribution >= 4 is 38.6 Å². The van der Waals surface area contributed by atoms with Gasteiger partial charge >= 0.3 is 0 Å². The third-order valence-electron chi connectivity index (χ3n) is 3.28. The molecule has 0 saturated heterocycles. The van der Waals surface area contributed by atoms with E-state index >= 15 is 0 Å². The molecule has 1 unspecified atom stereocenters. The van der Waals surface area contributed by atoms with Gasteiger partial charge < -0.3 is 9.30 Å². The van der Waals surface area contributed by atoms with E-state index in [0.717, 1.165) is 21.3 Å². The molecule has 0 amide bonds. The van der Waals surface area contributed by atoms with Gasteiger partial charge in [-0.15, -0.1) is 11.6 Å². The van der Waals surface area contributed by atoms with Crippen LogP contribution in [0.25, 0.3) is 11.0 Å². The Hall–Kier alpha value is -0.580. The van der Waals surface area contributed by atoms with Crippen LogP contribution >= 0.6 is 27.5 Å². The van der Waals surface area contributed by atoms with Crippen LogP contribution in [0, 0.1) is 5.92 Å². The van der Waals surface area contributed by atoms with E-state index in [1.165, 1.54) is 0 Å². The van der Waals surface area contributed by atoms with Gasteiger partial charge in [-0.3, -0.25) is 0 Å². The van der Waals surface area contributed by atoms with E-state index in [2.05, 4.69) is 45.4 Å². The second kappa shape index (κ2) is 6.25. The van der Waals surface area contributed by atoms with Crippen LogP contribution < -0.4 is 0 Å². The standard InChI is InChI=1S/C14H18BrClN2O/c1-9(2)13(8-19-3)18-12-6-10(15)4-5-11(12)17-14(18)7-16/h4-6,9,13H,7-8H2,1-3H3. The van der Waals surface area contributed by atoms with Crippen molar-refractivity contribution in [2.45, 2.75) is 25.8 Å². The molecule has 104 valence electrons. The summed E-state index contributed by atoms with van der Waals surface area (Å²) in [5.41, 5.74) is 2.07. The predicted molar refractivity (Wildman–Crippen MR) is 82.7 cm³/mol. The number of imidazole rings is 1. The summed E-state index contributed by atoms with van der Waals surface area (Å²) in [4.78, 5) is 4.61. The zero-order chi connectivity index (χ0) is 14.0. The van der Waals surface area contributed by atoms with Gasteiger partial charge in [-0.2, -0.15) is 0 Å². The topological polar surface area (TPSA) is 27.1 Å². The van der Waals surface area contributed by atoms with Crippen LogP contribution in [0.3, 0.4) is 0 Å². The molecular weight excluding hydrogens is 328 g/mol. The van der Waals surface area contributed by atoms with Crippen molar-refractivity contribution < 1.29 is 4.74 Å². The lowest BCUT2D eigenvalue weighted by molar-refractivity contribution is 0.134. The first-order chi connectivity index (χ1) is 9.08. The van der Waals surface area contributed by atoms with Crippen molar-refractivity contribution in [2.24, 2.45) is 5.92 Å². The Morgan fingerprint density at radius 2 is 2.16 bits per heavy atom. The van der Waals surface area contributed by atoms with Crippen LogP contribution in [0.15, 0.2) is 22.7 Å². The highest BCUT2D eigenvalue weighted by molar-refractivity contribution is 9.10. The highest BCUT2D eigenvalue weighted by Crippen LogP contribution is 2.29. The maximum atomic E-state index is 6.06. The Kier molecular flexibility index (Phi) is 4.87. The Morgan fingerprint density at radius 3 is 2.74 bits per heavy atom. The smallest absolute Gasteiger partial charge is 0.125 e. The van der Waals surface area contributed by atoms with Crippen LogP contribution in [0.2, 0.25) is 0 Å². The molecule has 0 fully saturated rings. The van der Waals surface area contributed by atoms with Gasteiger partial charge in [0.1, 0.15) is 5.82 Å². The van der Waals surface area contributed by atoms with Crippen molar-refractivity contribution in [1.82, 2.24) is 9.55 Å². The monoisotopic (exact) mass is 344 g/mol. The number of hydrogen-bond donors (Lipinski definition) is 0. The molecular formula is C14H18BrClN2O. The first-order valence-electron chi connectivity index (χ1n) is 6.29. The maximum Gasteiger partial charge on any atom is 0.125 e. The van der Waals surface area contributed by atoms with Gasteiger partial charge in [-0.1, -0.05) is 29.8 Å². The molecule has 1 aromatic carbocycles. The third-order valence-corrected chi connectivity index (χ3v) is 4.02. The summed E-state index contributed by atoms with van der Waals surface area (Å²) in [6, 6.07) is 6.33. The number of fused-ring (bicyclic) bond motifs is 1. The van der Waals surface area contributed by atoms with Gasteiger partial charge in [0.15, 0.2) is 0 Å². The van der Waals surface area contributed by atoms with Crippen molar-refractivity contribution in [3.05, 3.63) is 28.5 Å². The van der Waals surface area contributed by atoms with E-state index in [1.807, 2.05) is 12.1 Å². The number of rotatable bonds is 5. The first kappa shape index (κ1) is 14.8. The second-order valence-corrected chi connectivity index (χ2v) is 6.11. The van der Waals surface area contributed by atoms with Gasteiger partial charge in [-0.05, 0) is 24.1 Å². The molecule has 1 aromatic heterocycles. The SMILES string of the molecule is COCC(C(C)C)n1c(CCl)nc2ccc(Br)cc21.